The Kier molecular flexibility index (Phi) is 4.94. The van der Waals surface area contributed by atoms with Crippen LogP contribution in [0.15, 0.2) is 23.0 Å². The molecule has 2 aromatic rings. The quantitative estimate of drug-likeness (QED) is 0.709. The van der Waals surface area contributed by atoms with E-state index >= 15 is 0 Å². The molecular formula is C16H20N4O3S. The van der Waals surface area contributed by atoms with E-state index in [1.165, 1.54) is 0 Å². The zero-order valence-corrected chi connectivity index (χ0v) is 14.2. The molecule has 1 aromatic heterocycles. The highest BCUT2D eigenvalue weighted by Crippen LogP contribution is 2.24. The van der Waals surface area contributed by atoms with Crippen molar-refractivity contribution in [3.8, 4) is 0 Å². The third kappa shape index (κ3) is 3.33. The number of hydrogen-bond acceptors (Lipinski definition) is 4. The van der Waals surface area contributed by atoms with Crippen LogP contribution in [-0.4, -0.2) is 50.9 Å². The molecule has 128 valence electrons. The second kappa shape index (κ2) is 7.12. The van der Waals surface area contributed by atoms with Crippen molar-refractivity contribution >= 4 is 34.6 Å². The van der Waals surface area contributed by atoms with Crippen LogP contribution < -0.4 is 11.0 Å². The van der Waals surface area contributed by atoms with Gasteiger partial charge in [0.1, 0.15) is 6.04 Å². The number of carbonyl (C=O) groups excluding carboxylic acids is 2. The van der Waals surface area contributed by atoms with Crippen molar-refractivity contribution < 1.29 is 9.59 Å². The highest BCUT2D eigenvalue weighted by atomic mass is 32.2. The van der Waals surface area contributed by atoms with E-state index in [0.29, 0.717) is 34.8 Å². The largest absolute Gasteiger partial charge is 0.354 e. The number of aromatic amines is 2. The Labute approximate surface area is 143 Å². The number of nitrogens with one attached hydrogen (secondary N) is 3. The van der Waals surface area contributed by atoms with Crippen LogP contribution in [0.1, 0.15) is 30.1 Å². The molecule has 1 atom stereocenters. The molecule has 1 saturated heterocycles. The zero-order chi connectivity index (χ0) is 17.1. The van der Waals surface area contributed by atoms with E-state index in [0.717, 1.165) is 12.8 Å². The van der Waals surface area contributed by atoms with E-state index in [9.17, 15) is 14.4 Å². The standard InChI is InChI=1S/C16H20N4O3S/c1-2-3-6-17-14(21)13-8-24-9-20(13)15(22)10-4-5-11-12(7-10)19-16(23)18-11/h4-5,7,13H,2-3,6,8-9H2,1H3,(H,17,21)(H2,18,19,23)/t13-/m0/s1. The second-order valence-corrected chi connectivity index (χ2v) is 6.77. The molecule has 1 aliphatic rings. The lowest BCUT2D eigenvalue weighted by Gasteiger charge is -2.23. The Morgan fingerprint density at radius 1 is 1.33 bits per heavy atom. The predicted octanol–water partition coefficient (Wildman–Crippen LogP) is 1.29. The average Bonchev–Trinajstić information content (AvgIpc) is 3.19. The molecule has 7 nitrogen and oxygen atoms in total. The summed E-state index contributed by atoms with van der Waals surface area (Å²) in [6.45, 7) is 2.70. The van der Waals surface area contributed by atoms with Gasteiger partial charge in [0.25, 0.3) is 5.91 Å². The lowest BCUT2D eigenvalue weighted by Crippen LogP contribution is -2.47. The summed E-state index contributed by atoms with van der Waals surface area (Å²) in [6, 6.07) is 4.56. The van der Waals surface area contributed by atoms with E-state index in [4.69, 9.17) is 0 Å². The first-order valence-electron chi connectivity index (χ1n) is 7.98. The third-order valence-corrected chi connectivity index (χ3v) is 5.05. The first-order chi connectivity index (χ1) is 11.6. The SMILES string of the molecule is CCCCNC(=O)[C@@H]1CSCN1C(=O)c1ccc2[nH]c(=O)[nH]c2c1. The first kappa shape index (κ1) is 16.6. The normalized spacial score (nSPS) is 17.4. The fourth-order valence-electron chi connectivity index (χ4n) is 2.70. The number of unbranched alkanes of at least 4 members (excludes halogenated alkanes) is 1. The van der Waals surface area contributed by atoms with Gasteiger partial charge in [-0.25, -0.2) is 4.79 Å². The van der Waals surface area contributed by atoms with Gasteiger partial charge in [0, 0.05) is 17.9 Å². The molecule has 0 saturated carbocycles. The molecule has 1 fully saturated rings. The van der Waals surface area contributed by atoms with Crippen LogP contribution in [-0.2, 0) is 4.79 Å². The molecule has 1 aromatic carbocycles. The van der Waals surface area contributed by atoms with Crippen molar-refractivity contribution in [1.29, 1.82) is 0 Å². The summed E-state index contributed by atoms with van der Waals surface area (Å²) < 4.78 is 0. The maximum atomic E-state index is 12.8. The van der Waals surface area contributed by atoms with E-state index in [1.54, 1.807) is 34.9 Å². The summed E-state index contributed by atoms with van der Waals surface area (Å²) in [4.78, 5) is 43.3. The number of fused-ring (bicyclic) bond motifs is 1. The number of nitrogens with zero attached hydrogens (tertiary/aromatic N) is 1. The van der Waals surface area contributed by atoms with Gasteiger partial charge >= 0.3 is 5.69 Å². The average molecular weight is 348 g/mol. The summed E-state index contributed by atoms with van der Waals surface area (Å²) in [6.07, 6.45) is 1.94. The van der Waals surface area contributed by atoms with Crippen molar-refractivity contribution in [3.05, 3.63) is 34.2 Å². The summed E-state index contributed by atoms with van der Waals surface area (Å²) in [5, 5.41) is 2.90. The van der Waals surface area contributed by atoms with Crippen molar-refractivity contribution in [2.75, 3.05) is 18.2 Å². The lowest BCUT2D eigenvalue weighted by molar-refractivity contribution is -0.124. The second-order valence-electron chi connectivity index (χ2n) is 5.77. The number of H-pyrrole nitrogens is 2. The topological polar surface area (TPSA) is 98.1 Å². The Balaban J connectivity index is 1.76. The molecule has 3 N–H and O–H groups in total. The Morgan fingerprint density at radius 3 is 2.92 bits per heavy atom. The summed E-state index contributed by atoms with van der Waals surface area (Å²) in [5.74, 6) is 0.803. The van der Waals surface area contributed by atoms with Crippen LogP contribution in [0, 0.1) is 0 Å². The van der Waals surface area contributed by atoms with Crippen LogP contribution in [0.3, 0.4) is 0 Å². The Morgan fingerprint density at radius 2 is 2.12 bits per heavy atom. The van der Waals surface area contributed by atoms with Gasteiger partial charge in [-0.2, -0.15) is 0 Å². The molecule has 8 heteroatoms. The van der Waals surface area contributed by atoms with Crippen molar-refractivity contribution in [2.45, 2.75) is 25.8 Å². The van der Waals surface area contributed by atoms with Gasteiger partial charge in [0.2, 0.25) is 5.91 Å². The third-order valence-electron chi connectivity index (χ3n) is 4.04. The van der Waals surface area contributed by atoms with Gasteiger partial charge in [-0.1, -0.05) is 13.3 Å². The highest BCUT2D eigenvalue weighted by Gasteiger charge is 2.35. The zero-order valence-electron chi connectivity index (χ0n) is 13.4. The molecule has 0 bridgehead atoms. The number of benzene rings is 1. The molecule has 0 aliphatic carbocycles. The van der Waals surface area contributed by atoms with Crippen LogP contribution >= 0.6 is 11.8 Å². The lowest BCUT2D eigenvalue weighted by atomic mass is 10.1. The van der Waals surface area contributed by atoms with Gasteiger partial charge in [-0.05, 0) is 24.6 Å². The molecule has 0 unspecified atom stereocenters. The monoisotopic (exact) mass is 348 g/mol. The fraction of sp³-hybridized carbons (Fsp3) is 0.438. The number of rotatable bonds is 5. The minimum Gasteiger partial charge on any atom is -0.354 e. The number of imidazole rings is 1. The van der Waals surface area contributed by atoms with E-state index in [2.05, 4.69) is 22.2 Å². The molecule has 0 spiro atoms. The van der Waals surface area contributed by atoms with Gasteiger partial charge in [-0.3, -0.25) is 9.59 Å². The van der Waals surface area contributed by atoms with Crippen LogP contribution in [0.5, 0.6) is 0 Å². The van der Waals surface area contributed by atoms with Gasteiger partial charge in [0.15, 0.2) is 0 Å². The first-order valence-corrected chi connectivity index (χ1v) is 9.14. The summed E-state index contributed by atoms with van der Waals surface area (Å²) >= 11 is 1.57. The molecule has 2 amide bonds. The van der Waals surface area contributed by atoms with E-state index in [1.807, 2.05) is 0 Å². The van der Waals surface area contributed by atoms with Gasteiger partial charge < -0.3 is 20.2 Å². The number of amides is 2. The van der Waals surface area contributed by atoms with E-state index < -0.39 is 6.04 Å². The van der Waals surface area contributed by atoms with E-state index in [-0.39, 0.29) is 17.5 Å². The van der Waals surface area contributed by atoms with Crippen molar-refractivity contribution in [2.24, 2.45) is 0 Å². The summed E-state index contributed by atoms with van der Waals surface area (Å²) in [5.41, 5.74) is 1.40. The minimum absolute atomic E-state index is 0.0991. The number of thioether (sulfide) groups is 1. The molecular weight excluding hydrogens is 328 g/mol. The van der Waals surface area contributed by atoms with Crippen molar-refractivity contribution in [1.82, 2.24) is 20.2 Å². The van der Waals surface area contributed by atoms with Crippen molar-refractivity contribution in [3.63, 3.8) is 0 Å². The molecule has 24 heavy (non-hydrogen) atoms. The predicted molar refractivity (Wildman–Crippen MR) is 94.1 cm³/mol. The number of carbonyl (C=O) groups is 2. The van der Waals surface area contributed by atoms with Gasteiger partial charge in [-0.15, -0.1) is 11.8 Å². The molecule has 0 radical (unpaired) electrons. The maximum absolute atomic E-state index is 12.8. The van der Waals surface area contributed by atoms with Crippen LogP contribution in [0.2, 0.25) is 0 Å². The van der Waals surface area contributed by atoms with Crippen LogP contribution in [0.25, 0.3) is 11.0 Å². The molecule has 1 aliphatic heterocycles. The fourth-order valence-corrected chi connectivity index (χ4v) is 3.85. The summed E-state index contributed by atoms with van der Waals surface area (Å²) in [7, 11) is 0. The van der Waals surface area contributed by atoms with Crippen LogP contribution in [0.4, 0.5) is 0 Å². The Bertz CT molecular complexity index is 813. The number of hydrogen-bond donors (Lipinski definition) is 3. The minimum atomic E-state index is -0.444. The molecule has 3 rings (SSSR count). The maximum Gasteiger partial charge on any atom is 0.323 e. The Hall–Kier alpha value is -2.22. The number of aromatic nitrogens is 2. The molecule has 2 heterocycles. The smallest absolute Gasteiger partial charge is 0.323 e. The van der Waals surface area contributed by atoms with Gasteiger partial charge in [0.05, 0.1) is 16.9 Å². The highest BCUT2D eigenvalue weighted by molar-refractivity contribution is 7.99.